The topological polar surface area (TPSA) is 55.4 Å². The van der Waals surface area contributed by atoms with E-state index in [2.05, 4.69) is 19.2 Å². The summed E-state index contributed by atoms with van der Waals surface area (Å²) in [5, 5.41) is 2.55. The third-order valence-electron chi connectivity index (χ3n) is 4.03. The van der Waals surface area contributed by atoms with Gasteiger partial charge in [-0.2, -0.15) is 0 Å². The summed E-state index contributed by atoms with van der Waals surface area (Å²) in [5.41, 5.74) is 0.254. The van der Waals surface area contributed by atoms with E-state index in [1.165, 1.54) is 6.08 Å². The number of amides is 1. The Hall–Kier alpha value is -2.50. The number of nitrogens with one attached hydrogen (secondary N) is 1. The second-order valence-electron chi connectivity index (χ2n) is 6.39. The molecule has 4 nitrogen and oxygen atoms in total. The highest BCUT2D eigenvalue weighted by atomic mass is 19.1. The van der Waals surface area contributed by atoms with Crippen LogP contribution in [0.25, 0.3) is 0 Å². The van der Waals surface area contributed by atoms with Crippen molar-refractivity contribution in [3.05, 3.63) is 59.7 Å². The van der Waals surface area contributed by atoms with Gasteiger partial charge in [-0.15, -0.1) is 0 Å². The molecule has 0 aliphatic heterocycles. The monoisotopic (exact) mass is 379 g/mol. The highest BCUT2D eigenvalue weighted by molar-refractivity contribution is 5.91. The smallest absolute Gasteiger partial charge is 0.329 e. The lowest BCUT2D eigenvalue weighted by Crippen LogP contribution is -2.42. The summed E-state index contributed by atoms with van der Waals surface area (Å²) in [5.74, 6) is -2.16. The third kappa shape index (κ3) is 9.13. The molecule has 0 aliphatic carbocycles. The number of allylic oxidation sites excluding steroid dienone is 2. The molecule has 2 atom stereocenters. The van der Waals surface area contributed by atoms with E-state index in [4.69, 9.17) is 4.74 Å². The zero-order valence-electron chi connectivity index (χ0n) is 16.0. The Morgan fingerprint density at radius 3 is 2.44 bits per heavy atom. The minimum Gasteiger partial charge on any atom is -0.460 e. The fraction of sp³-hybridized carbons (Fsp3) is 0.429. The lowest BCUT2D eigenvalue weighted by molar-refractivity contribution is -0.146. The summed E-state index contributed by atoms with van der Waals surface area (Å²) < 4.78 is 31.9. The standard InChI is InChI=1S/C21H27F2NO3/c1-4-6-10-27-21(26)19(13-16-11-17(22)14-18(23)12-16)24-20(25)9-7-8-15(3)5-2/h4,6-7,9,11-12,14-15,19H,5,8,10,13H2,1-3H3,(H,24,25)/b6-4-,9-7+. The van der Waals surface area contributed by atoms with Crippen LogP contribution in [-0.2, 0) is 20.7 Å². The molecule has 148 valence electrons. The number of ether oxygens (including phenoxy) is 1. The van der Waals surface area contributed by atoms with Crippen LogP contribution in [0.4, 0.5) is 8.78 Å². The fourth-order valence-corrected chi connectivity index (χ4v) is 2.28. The van der Waals surface area contributed by atoms with Gasteiger partial charge in [0.2, 0.25) is 5.91 Å². The fourth-order valence-electron chi connectivity index (χ4n) is 2.28. The van der Waals surface area contributed by atoms with Crippen molar-refractivity contribution in [1.29, 1.82) is 0 Å². The van der Waals surface area contributed by atoms with Gasteiger partial charge in [0.1, 0.15) is 24.3 Å². The van der Waals surface area contributed by atoms with E-state index in [1.807, 2.05) is 0 Å². The first kappa shape index (κ1) is 22.5. The Balaban J connectivity index is 2.83. The second-order valence-corrected chi connectivity index (χ2v) is 6.39. The first-order valence-electron chi connectivity index (χ1n) is 9.05. The van der Waals surface area contributed by atoms with Crippen LogP contribution in [0.2, 0.25) is 0 Å². The molecule has 1 N–H and O–H groups in total. The van der Waals surface area contributed by atoms with Crippen molar-refractivity contribution in [1.82, 2.24) is 5.32 Å². The molecule has 2 unspecified atom stereocenters. The van der Waals surface area contributed by atoms with Crippen LogP contribution in [-0.4, -0.2) is 24.5 Å². The second kappa shape index (κ2) is 12.0. The maximum Gasteiger partial charge on any atom is 0.329 e. The summed E-state index contributed by atoms with van der Waals surface area (Å²) in [6.07, 6.45) is 8.14. The van der Waals surface area contributed by atoms with Crippen LogP contribution in [0.5, 0.6) is 0 Å². The molecule has 0 saturated carbocycles. The highest BCUT2D eigenvalue weighted by Gasteiger charge is 2.22. The Labute approximate surface area is 159 Å². The number of hydrogen-bond acceptors (Lipinski definition) is 3. The van der Waals surface area contributed by atoms with Gasteiger partial charge in [0.25, 0.3) is 0 Å². The Morgan fingerprint density at radius 1 is 1.19 bits per heavy atom. The van der Waals surface area contributed by atoms with Crippen LogP contribution in [0.3, 0.4) is 0 Å². The molecule has 0 aromatic heterocycles. The average molecular weight is 379 g/mol. The van der Waals surface area contributed by atoms with Gasteiger partial charge in [-0.1, -0.05) is 38.5 Å². The molecule has 1 amide bonds. The van der Waals surface area contributed by atoms with E-state index >= 15 is 0 Å². The van der Waals surface area contributed by atoms with Crippen molar-refractivity contribution in [2.75, 3.05) is 6.61 Å². The van der Waals surface area contributed by atoms with E-state index in [0.717, 1.165) is 31.0 Å². The molecule has 1 aromatic rings. The highest BCUT2D eigenvalue weighted by Crippen LogP contribution is 2.11. The van der Waals surface area contributed by atoms with Gasteiger partial charge < -0.3 is 10.1 Å². The van der Waals surface area contributed by atoms with Gasteiger partial charge in [-0.25, -0.2) is 13.6 Å². The molecule has 27 heavy (non-hydrogen) atoms. The van der Waals surface area contributed by atoms with E-state index in [-0.39, 0.29) is 18.6 Å². The van der Waals surface area contributed by atoms with E-state index in [0.29, 0.717) is 5.92 Å². The van der Waals surface area contributed by atoms with Crippen molar-refractivity contribution in [2.45, 2.75) is 46.1 Å². The summed E-state index contributed by atoms with van der Waals surface area (Å²) >= 11 is 0. The molecule has 0 saturated heterocycles. The lowest BCUT2D eigenvalue weighted by Gasteiger charge is -2.17. The summed E-state index contributed by atoms with van der Waals surface area (Å²) in [6.45, 7) is 5.98. The number of rotatable bonds is 10. The third-order valence-corrected chi connectivity index (χ3v) is 4.03. The molecule has 0 spiro atoms. The molecule has 1 rings (SSSR count). The zero-order chi connectivity index (χ0) is 20.2. The summed E-state index contributed by atoms with van der Waals surface area (Å²) in [6, 6.07) is 1.96. The van der Waals surface area contributed by atoms with E-state index in [9.17, 15) is 18.4 Å². The van der Waals surface area contributed by atoms with Gasteiger partial charge in [0.15, 0.2) is 0 Å². The van der Waals surface area contributed by atoms with E-state index in [1.54, 1.807) is 25.2 Å². The predicted octanol–water partition coefficient (Wildman–Crippen LogP) is 4.10. The normalized spacial score (nSPS) is 13.7. The number of hydrogen-bond donors (Lipinski definition) is 1. The number of carbonyl (C=O) groups is 2. The van der Waals surface area contributed by atoms with Crippen molar-refractivity contribution >= 4 is 11.9 Å². The molecular weight excluding hydrogens is 352 g/mol. The molecule has 0 bridgehead atoms. The first-order valence-corrected chi connectivity index (χ1v) is 9.05. The molecule has 0 heterocycles. The van der Waals surface area contributed by atoms with Gasteiger partial charge >= 0.3 is 5.97 Å². The van der Waals surface area contributed by atoms with Gasteiger partial charge in [-0.3, -0.25) is 4.79 Å². The van der Waals surface area contributed by atoms with Crippen molar-refractivity contribution in [3.63, 3.8) is 0 Å². The SMILES string of the molecule is C/C=C\COC(=O)C(Cc1cc(F)cc(F)c1)NC(=O)/C=C/CC(C)CC. The number of carbonyl (C=O) groups excluding carboxylic acids is 2. The number of benzene rings is 1. The van der Waals surface area contributed by atoms with Crippen LogP contribution in [0, 0.1) is 17.6 Å². The Kier molecular flexibility index (Phi) is 10.0. The number of esters is 1. The van der Waals surface area contributed by atoms with Crippen LogP contribution in [0.1, 0.15) is 39.2 Å². The summed E-state index contributed by atoms with van der Waals surface area (Å²) in [7, 11) is 0. The first-order chi connectivity index (χ1) is 12.8. The average Bonchev–Trinajstić information content (AvgIpc) is 2.60. The molecule has 1 aromatic carbocycles. The molecule has 0 radical (unpaired) electrons. The van der Waals surface area contributed by atoms with Gasteiger partial charge in [0.05, 0.1) is 0 Å². The zero-order valence-corrected chi connectivity index (χ0v) is 16.0. The van der Waals surface area contributed by atoms with Crippen LogP contribution < -0.4 is 5.32 Å². The quantitative estimate of drug-likeness (QED) is 0.378. The molecule has 6 heteroatoms. The van der Waals surface area contributed by atoms with Gasteiger partial charge in [-0.05, 0) is 43.0 Å². The molecule has 0 aliphatic rings. The Bertz CT molecular complexity index is 666. The van der Waals surface area contributed by atoms with Crippen molar-refractivity contribution in [3.8, 4) is 0 Å². The number of halogens is 2. The van der Waals surface area contributed by atoms with Crippen LogP contribution in [0.15, 0.2) is 42.5 Å². The van der Waals surface area contributed by atoms with Crippen molar-refractivity contribution in [2.24, 2.45) is 5.92 Å². The van der Waals surface area contributed by atoms with Crippen molar-refractivity contribution < 1.29 is 23.1 Å². The lowest BCUT2D eigenvalue weighted by atomic mass is 10.0. The summed E-state index contributed by atoms with van der Waals surface area (Å²) in [4.78, 5) is 24.4. The minimum absolute atomic E-state index is 0.0586. The maximum absolute atomic E-state index is 13.4. The largest absolute Gasteiger partial charge is 0.460 e. The maximum atomic E-state index is 13.4. The van der Waals surface area contributed by atoms with E-state index < -0.39 is 29.6 Å². The minimum atomic E-state index is -1.04. The predicted molar refractivity (Wildman–Crippen MR) is 101 cm³/mol. The Morgan fingerprint density at radius 2 is 1.85 bits per heavy atom. The van der Waals surface area contributed by atoms with Gasteiger partial charge in [0, 0.05) is 12.5 Å². The van der Waals surface area contributed by atoms with Crippen LogP contribution >= 0.6 is 0 Å². The molecular formula is C21H27F2NO3. The molecule has 0 fully saturated rings.